The summed E-state index contributed by atoms with van der Waals surface area (Å²) in [7, 11) is 0. The Morgan fingerprint density at radius 1 is 1.43 bits per heavy atom. The third kappa shape index (κ3) is 3.97. The quantitative estimate of drug-likeness (QED) is 0.577. The topological polar surface area (TPSA) is 106 Å². The number of fused-ring (bicyclic) bond motifs is 3. The van der Waals surface area contributed by atoms with Crippen LogP contribution in [0.5, 0.6) is 0 Å². The van der Waals surface area contributed by atoms with E-state index in [1.54, 1.807) is 17.7 Å². The van der Waals surface area contributed by atoms with Crippen LogP contribution in [-0.2, 0) is 36.4 Å². The van der Waals surface area contributed by atoms with E-state index in [-0.39, 0.29) is 11.5 Å². The minimum atomic E-state index is -0.0514. The summed E-state index contributed by atoms with van der Waals surface area (Å²) in [6.45, 7) is 3.37. The van der Waals surface area contributed by atoms with Crippen molar-refractivity contribution >= 4 is 39.2 Å². The van der Waals surface area contributed by atoms with Gasteiger partial charge in [-0.1, -0.05) is 0 Å². The van der Waals surface area contributed by atoms with Crippen LogP contribution in [-0.4, -0.2) is 42.9 Å². The number of thiophene rings is 1. The van der Waals surface area contributed by atoms with Crippen molar-refractivity contribution in [2.24, 2.45) is 0 Å². The molecule has 4 rings (SSSR count). The highest BCUT2D eigenvalue weighted by Crippen LogP contribution is 2.34. The number of amides is 1. The van der Waals surface area contributed by atoms with Gasteiger partial charge in [0.1, 0.15) is 22.8 Å². The average molecular weight is 419 g/mol. The predicted octanol–water partition coefficient (Wildman–Crippen LogP) is 1.68. The van der Waals surface area contributed by atoms with Crippen LogP contribution < -0.4 is 10.9 Å². The number of hydrogen-bond acceptors (Lipinski definition) is 7. The van der Waals surface area contributed by atoms with Gasteiger partial charge in [-0.3, -0.25) is 9.59 Å². The highest BCUT2D eigenvalue weighted by atomic mass is 32.2. The minimum absolute atomic E-state index is 0.0360. The number of nitrogens with zero attached hydrogens (tertiary/aromatic N) is 4. The van der Waals surface area contributed by atoms with Crippen molar-refractivity contribution in [2.45, 2.75) is 44.9 Å². The van der Waals surface area contributed by atoms with Gasteiger partial charge in [-0.2, -0.15) is 0 Å². The molecule has 1 aliphatic rings. The van der Waals surface area contributed by atoms with Gasteiger partial charge in [0.25, 0.3) is 5.56 Å². The molecule has 0 radical (unpaired) electrons. The number of rotatable bonds is 8. The molecule has 3 aromatic heterocycles. The third-order valence-electron chi connectivity index (χ3n) is 4.80. The molecule has 0 bridgehead atoms. The van der Waals surface area contributed by atoms with Crippen LogP contribution in [0.25, 0.3) is 10.2 Å². The lowest BCUT2D eigenvalue weighted by Gasteiger charge is -2.06. The van der Waals surface area contributed by atoms with Crippen LogP contribution in [0.15, 0.2) is 11.1 Å². The molecule has 0 spiro atoms. The van der Waals surface area contributed by atoms with Crippen molar-refractivity contribution < 1.29 is 4.79 Å². The summed E-state index contributed by atoms with van der Waals surface area (Å²) < 4.78 is 1.96. The molecule has 0 aromatic carbocycles. The van der Waals surface area contributed by atoms with E-state index in [4.69, 9.17) is 0 Å². The first-order valence-corrected chi connectivity index (χ1v) is 11.4. The van der Waals surface area contributed by atoms with E-state index in [9.17, 15) is 9.59 Å². The van der Waals surface area contributed by atoms with Crippen molar-refractivity contribution in [1.29, 1.82) is 0 Å². The smallest absolute Gasteiger partial charge is 0.259 e. The van der Waals surface area contributed by atoms with Crippen molar-refractivity contribution in [3.05, 3.63) is 38.8 Å². The summed E-state index contributed by atoms with van der Waals surface area (Å²) in [6.07, 6.45) is 5.50. The summed E-state index contributed by atoms with van der Waals surface area (Å²) in [5.41, 5.74) is 1.13. The van der Waals surface area contributed by atoms with Crippen LogP contribution in [0.4, 0.5) is 0 Å². The van der Waals surface area contributed by atoms with Crippen LogP contribution in [0.2, 0.25) is 0 Å². The lowest BCUT2D eigenvalue weighted by Crippen LogP contribution is -2.28. The van der Waals surface area contributed by atoms with E-state index in [1.807, 2.05) is 11.5 Å². The molecule has 2 N–H and O–H groups in total. The molecule has 0 saturated carbocycles. The second-order valence-electron chi connectivity index (χ2n) is 6.68. The number of thioether (sulfide) groups is 1. The zero-order valence-corrected chi connectivity index (χ0v) is 17.3. The van der Waals surface area contributed by atoms with Gasteiger partial charge in [-0.15, -0.1) is 33.3 Å². The highest BCUT2D eigenvalue weighted by molar-refractivity contribution is 7.99. The van der Waals surface area contributed by atoms with Crippen molar-refractivity contribution in [2.75, 3.05) is 12.3 Å². The summed E-state index contributed by atoms with van der Waals surface area (Å²) >= 11 is 3.08. The van der Waals surface area contributed by atoms with Gasteiger partial charge >= 0.3 is 0 Å². The van der Waals surface area contributed by atoms with Crippen molar-refractivity contribution in [3.8, 4) is 0 Å². The van der Waals surface area contributed by atoms with Crippen LogP contribution in [0, 0.1) is 0 Å². The first-order valence-electron chi connectivity index (χ1n) is 9.40. The summed E-state index contributed by atoms with van der Waals surface area (Å²) in [5, 5.41) is 11.6. The van der Waals surface area contributed by atoms with Gasteiger partial charge < -0.3 is 14.9 Å². The number of carbonyl (C=O) groups excluding carboxylic acids is 1. The third-order valence-corrected chi connectivity index (χ3v) is 6.93. The Kier molecular flexibility index (Phi) is 5.77. The molecule has 28 heavy (non-hydrogen) atoms. The molecule has 8 nitrogen and oxygen atoms in total. The van der Waals surface area contributed by atoms with Crippen LogP contribution >= 0.6 is 23.1 Å². The van der Waals surface area contributed by atoms with E-state index in [0.29, 0.717) is 30.3 Å². The number of hydrogen-bond donors (Lipinski definition) is 2. The van der Waals surface area contributed by atoms with Gasteiger partial charge in [0.15, 0.2) is 0 Å². The number of aromatic nitrogens is 5. The summed E-state index contributed by atoms with van der Waals surface area (Å²) in [4.78, 5) is 34.1. The fourth-order valence-corrected chi connectivity index (χ4v) is 5.46. The Labute approximate surface area is 170 Å². The first-order chi connectivity index (χ1) is 13.7. The molecule has 0 unspecified atom stereocenters. The monoisotopic (exact) mass is 418 g/mol. The molecule has 0 saturated heterocycles. The number of H-pyrrole nitrogens is 1. The predicted molar refractivity (Wildman–Crippen MR) is 111 cm³/mol. The van der Waals surface area contributed by atoms with E-state index < -0.39 is 0 Å². The maximum absolute atomic E-state index is 12.4. The molecule has 3 heterocycles. The van der Waals surface area contributed by atoms with E-state index in [1.165, 1.54) is 22.2 Å². The molecular formula is C18H22N6O2S2. The van der Waals surface area contributed by atoms with Gasteiger partial charge in [-0.05, 0) is 31.7 Å². The maximum atomic E-state index is 12.4. The molecule has 0 atom stereocenters. The molecule has 1 aliphatic carbocycles. The molecule has 0 fully saturated rings. The van der Waals surface area contributed by atoms with Gasteiger partial charge in [-0.25, -0.2) is 4.98 Å². The maximum Gasteiger partial charge on any atom is 0.259 e. The molecule has 3 aromatic rings. The highest BCUT2D eigenvalue weighted by Gasteiger charge is 2.21. The summed E-state index contributed by atoms with van der Waals surface area (Å²) in [5.74, 6) is 2.29. The largest absolute Gasteiger partial charge is 0.355 e. The van der Waals surface area contributed by atoms with E-state index >= 15 is 0 Å². The van der Waals surface area contributed by atoms with Crippen LogP contribution in [0.1, 0.15) is 35.4 Å². The van der Waals surface area contributed by atoms with E-state index in [0.717, 1.165) is 41.8 Å². The van der Waals surface area contributed by atoms with Crippen molar-refractivity contribution in [3.63, 3.8) is 0 Å². The lowest BCUT2D eigenvalue weighted by molar-refractivity contribution is -0.118. The SMILES string of the molecule is CCn1cnnc1CCNC(=O)CSCc1nc2sc3c(c2c(=O)[nH]1)CCC3. The second kappa shape index (κ2) is 8.44. The van der Waals surface area contributed by atoms with Gasteiger partial charge in [0.2, 0.25) is 5.91 Å². The molecule has 148 valence electrons. The number of aryl methyl sites for hydroxylation is 3. The Morgan fingerprint density at radius 2 is 2.32 bits per heavy atom. The fourth-order valence-electron chi connectivity index (χ4n) is 3.46. The van der Waals surface area contributed by atoms with Crippen LogP contribution in [0.3, 0.4) is 0 Å². The normalized spacial score (nSPS) is 13.2. The first kappa shape index (κ1) is 19.1. The standard InChI is InChI=1S/C18H22N6O2S2/c1-2-24-10-20-23-14(24)6-7-19-15(25)9-27-8-13-21-17(26)16-11-4-3-5-12(11)28-18(16)22-13/h10H,2-9H2,1H3,(H,19,25)(H,21,22,26). The lowest BCUT2D eigenvalue weighted by atomic mass is 10.2. The molecule has 0 aliphatic heterocycles. The zero-order chi connectivity index (χ0) is 19.5. The van der Waals surface area contributed by atoms with E-state index in [2.05, 4.69) is 25.5 Å². The average Bonchev–Trinajstić information content (AvgIpc) is 3.36. The minimum Gasteiger partial charge on any atom is -0.355 e. The van der Waals surface area contributed by atoms with Crippen molar-refractivity contribution in [1.82, 2.24) is 30.0 Å². The summed E-state index contributed by atoms with van der Waals surface area (Å²) in [6, 6.07) is 0. The number of nitrogens with one attached hydrogen (secondary N) is 2. The molecule has 10 heteroatoms. The zero-order valence-electron chi connectivity index (χ0n) is 15.7. The Bertz CT molecular complexity index is 1050. The fraction of sp³-hybridized carbons (Fsp3) is 0.500. The van der Waals surface area contributed by atoms with Gasteiger partial charge in [0, 0.05) is 24.4 Å². The Hall–Kier alpha value is -2.20. The Balaban J connectivity index is 1.27. The second-order valence-corrected chi connectivity index (χ2v) is 8.75. The number of carbonyl (C=O) groups is 1. The Morgan fingerprint density at radius 3 is 3.18 bits per heavy atom. The number of aromatic amines is 1. The molecular weight excluding hydrogens is 396 g/mol. The molecule has 1 amide bonds. The van der Waals surface area contributed by atoms with Gasteiger partial charge in [0.05, 0.1) is 16.9 Å².